The molecule has 0 radical (unpaired) electrons. The fourth-order valence-corrected chi connectivity index (χ4v) is 12.9. The van der Waals surface area contributed by atoms with Crippen molar-refractivity contribution in [2.75, 3.05) is 6.54 Å². The number of fused-ring (bicyclic) bond motifs is 3. The number of aromatic nitrogens is 2. The number of hydrogen-bond acceptors (Lipinski definition) is 5. The molecular weight excluding hydrogens is 669 g/mol. The summed E-state index contributed by atoms with van der Waals surface area (Å²) in [7, 11) is 0. The van der Waals surface area contributed by atoms with E-state index in [1.165, 1.54) is 31.4 Å². The number of benzene rings is 1. The van der Waals surface area contributed by atoms with Crippen molar-refractivity contribution in [3.8, 4) is 11.3 Å². The topological polar surface area (TPSA) is 113 Å². The molecular formula is C44H62FN3O5. The van der Waals surface area contributed by atoms with Gasteiger partial charge in [0.1, 0.15) is 17.7 Å². The van der Waals surface area contributed by atoms with Gasteiger partial charge in [0, 0.05) is 12.0 Å². The molecule has 7 rings (SSSR count). The van der Waals surface area contributed by atoms with Gasteiger partial charge in [-0.2, -0.15) is 0 Å². The third kappa shape index (κ3) is 6.64. The number of hydrogen-bond donors (Lipinski definition) is 2. The van der Waals surface area contributed by atoms with E-state index in [1.54, 1.807) is 26.0 Å². The van der Waals surface area contributed by atoms with Gasteiger partial charge in [0.15, 0.2) is 0 Å². The molecule has 5 aliphatic rings. The molecule has 4 aliphatic carbocycles. The Morgan fingerprint density at radius 1 is 1.00 bits per heavy atom. The van der Waals surface area contributed by atoms with Crippen molar-refractivity contribution >= 4 is 17.8 Å². The van der Waals surface area contributed by atoms with Crippen molar-refractivity contribution in [2.45, 2.75) is 144 Å². The minimum absolute atomic E-state index is 0.0480. The average Bonchev–Trinajstić information content (AvgIpc) is 3.90. The number of nitrogens with zero attached hydrogens (tertiary/aromatic N) is 2. The molecule has 290 valence electrons. The van der Waals surface area contributed by atoms with Gasteiger partial charge in [-0.3, -0.25) is 14.4 Å². The van der Waals surface area contributed by atoms with Crippen molar-refractivity contribution < 1.29 is 28.6 Å². The Hall–Kier alpha value is -3.23. The zero-order valence-corrected chi connectivity index (χ0v) is 32.9. The van der Waals surface area contributed by atoms with E-state index in [2.05, 4.69) is 37.6 Å². The van der Waals surface area contributed by atoms with Gasteiger partial charge in [-0.25, -0.2) is 9.37 Å². The molecule has 1 saturated heterocycles. The Balaban J connectivity index is 1.03. The van der Waals surface area contributed by atoms with Crippen LogP contribution in [-0.2, 0) is 19.1 Å². The number of ether oxygens (including phenoxy) is 1. The van der Waals surface area contributed by atoms with Gasteiger partial charge >= 0.3 is 11.9 Å². The number of carbonyl (C=O) groups excluding carboxylic acids is 2. The van der Waals surface area contributed by atoms with Gasteiger partial charge in [-0.1, -0.05) is 40.5 Å². The number of carboxylic acids is 1. The summed E-state index contributed by atoms with van der Waals surface area (Å²) in [5.74, 6) is 2.19. The van der Waals surface area contributed by atoms with Crippen LogP contribution in [0.2, 0.25) is 0 Å². The average molecular weight is 732 g/mol. The minimum Gasteiger partial charge on any atom is -0.481 e. The Labute approximate surface area is 315 Å². The Morgan fingerprint density at radius 3 is 2.47 bits per heavy atom. The van der Waals surface area contributed by atoms with Crippen LogP contribution in [-0.4, -0.2) is 50.5 Å². The summed E-state index contributed by atoms with van der Waals surface area (Å²) in [5, 5.41) is 9.57. The fourth-order valence-electron chi connectivity index (χ4n) is 12.9. The van der Waals surface area contributed by atoms with Crippen LogP contribution < -0.4 is 0 Å². The third-order valence-electron chi connectivity index (χ3n) is 15.6. The summed E-state index contributed by atoms with van der Waals surface area (Å²) in [6.07, 6.45) is 15.2. The molecule has 1 aromatic carbocycles. The van der Waals surface area contributed by atoms with Crippen LogP contribution in [0, 0.1) is 57.1 Å². The molecule has 53 heavy (non-hydrogen) atoms. The lowest BCUT2D eigenvalue weighted by Crippen LogP contribution is -2.56. The standard InChI is InChI=1S/C44H62FN3O5/c1-7-35-42(4,5)36(53-37(49)25-41(2,3)40(51)52)19-21-43(35,6)29-14-17-31-28(24-29)18-22-44(20-8-10-32(31)44)39(50)48-23-9-11-34(48)38-46-26-33(47-38)27-12-15-30(45)16-13-27/h12-13,15-16,26,28-29,31-32,34-36H,7-11,14,17-25H2,1-6H3,(H,46,47)(H,51,52). The van der Waals surface area contributed by atoms with Crippen LogP contribution in [0.25, 0.3) is 11.3 Å². The number of carboxylic acid groups (broad SMARTS) is 1. The van der Waals surface area contributed by atoms with Gasteiger partial charge in [-0.05, 0) is 149 Å². The lowest BCUT2D eigenvalue weighted by atomic mass is 9.46. The number of esters is 1. The van der Waals surface area contributed by atoms with Crippen molar-refractivity contribution in [2.24, 2.45) is 51.2 Å². The van der Waals surface area contributed by atoms with Gasteiger partial charge in [-0.15, -0.1) is 0 Å². The number of H-pyrrole nitrogens is 1. The quantitative estimate of drug-likeness (QED) is 0.249. The van der Waals surface area contributed by atoms with Gasteiger partial charge in [0.25, 0.3) is 0 Å². The first kappa shape index (κ1) is 38.1. The number of halogens is 1. The van der Waals surface area contributed by atoms with E-state index >= 15 is 0 Å². The normalized spacial score (nSPS) is 35.4. The zero-order chi connectivity index (χ0) is 37.9. The highest BCUT2D eigenvalue weighted by molar-refractivity contribution is 5.84. The predicted molar refractivity (Wildman–Crippen MR) is 202 cm³/mol. The molecule has 9 heteroatoms. The lowest BCUT2D eigenvalue weighted by molar-refractivity contribution is -0.182. The fraction of sp³-hybridized carbons (Fsp3) is 0.727. The minimum atomic E-state index is -1.15. The Morgan fingerprint density at radius 2 is 1.75 bits per heavy atom. The van der Waals surface area contributed by atoms with E-state index in [0.29, 0.717) is 35.5 Å². The molecule has 2 N–H and O–H groups in total. The molecule has 0 bridgehead atoms. The second-order valence-electron chi connectivity index (χ2n) is 19.1. The number of aromatic amines is 1. The molecule has 1 aliphatic heterocycles. The summed E-state index contributed by atoms with van der Waals surface area (Å²) in [6.45, 7) is 13.3. The van der Waals surface area contributed by atoms with E-state index in [4.69, 9.17) is 9.72 Å². The summed E-state index contributed by atoms with van der Waals surface area (Å²) >= 11 is 0. The molecule has 4 saturated carbocycles. The summed E-state index contributed by atoms with van der Waals surface area (Å²) in [6, 6.07) is 6.41. The molecule has 1 amide bonds. The van der Waals surface area contributed by atoms with Crippen LogP contribution in [0.3, 0.4) is 0 Å². The molecule has 0 spiro atoms. The van der Waals surface area contributed by atoms with Crippen LogP contribution in [0.15, 0.2) is 30.5 Å². The van der Waals surface area contributed by atoms with E-state index in [-0.39, 0.29) is 40.6 Å². The number of likely N-dealkylation sites (tertiary alicyclic amines) is 1. The molecule has 8 nitrogen and oxygen atoms in total. The Kier molecular flexibility index (Phi) is 10.1. The summed E-state index contributed by atoms with van der Waals surface area (Å²) in [5.41, 5.74) is 0.232. The zero-order valence-electron chi connectivity index (χ0n) is 32.9. The number of aliphatic carboxylic acids is 1. The molecule has 1 aromatic heterocycles. The van der Waals surface area contributed by atoms with Crippen molar-refractivity contribution in [3.63, 3.8) is 0 Å². The maximum atomic E-state index is 14.9. The highest BCUT2D eigenvalue weighted by Crippen LogP contribution is 2.65. The number of amides is 1. The molecule has 2 heterocycles. The number of rotatable bonds is 9. The second kappa shape index (κ2) is 14.1. The second-order valence-corrected chi connectivity index (χ2v) is 19.1. The SMILES string of the molecule is CCC1C(C)(C)C(OC(=O)CC(C)(C)C(=O)O)CCC1(C)C1CCC2C(CCC3(C(=O)N4CCCC4c4ncc(-c5ccc(F)cc5)[nH]4)CCCC23)C1. The molecule has 9 atom stereocenters. The first-order valence-electron chi connectivity index (χ1n) is 20.7. The summed E-state index contributed by atoms with van der Waals surface area (Å²) < 4.78 is 19.7. The largest absolute Gasteiger partial charge is 0.481 e. The number of carbonyl (C=O) groups is 3. The molecule has 9 unspecified atom stereocenters. The van der Waals surface area contributed by atoms with Crippen molar-refractivity contribution in [1.82, 2.24) is 14.9 Å². The van der Waals surface area contributed by atoms with Crippen molar-refractivity contribution in [3.05, 3.63) is 42.1 Å². The molecule has 5 fully saturated rings. The highest BCUT2D eigenvalue weighted by Gasteiger charge is 2.61. The smallest absolute Gasteiger partial charge is 0.309 e. The van der Waals surface area contributed by atoms with E-state index in [9.17, 15) is 23.9 Å². The first-order chi connectivity index (χ1) is 25.1. The van der Waals surface area contributed by atoms with Crippen molar-refractivity contribution in [1.29, 1.82) is 0 Å². The van der Waals surface area contributed by atoms with Crippen LogP contribution >= 0.6 is 0 Å². The maximum absolute atomic E-state index is 14.9. The predicted octanol–water partition coefficient (Wildman–Crippen LogP) is 9.76. The monoisotopic (exact) mass is 731 g/mol. The number of nitrogens with one attached hydrogen (secondary N) is 1. The van der Waals surface area contributed by atoms with Crippen LogP contribution in [0.4, 0.5) is 4.39 Å². The van der Waals surface area contributed by atoms with Gasteiger partial charge in [0.2, 0.25) is 5.91 Å². The maximum Gasteiger partial charge on any atom is 0.309 e. The van der Waals surface area contributed by atoms with E-state index in [1.807, 2.05) is 6.20 Å². The van der Waals surface area contributed by atoms with Crippen LogP contribution in [0.5, 0.6) is 0 Å². The third-order valence-corrected chi connectivity index (χ3v) is 15.6. The van der Waals surface area contributed by atoms with Gasteiger partial charge < -0.3 is 19.7 Å². The van der Waals surface area contributed by atoms with E-state index < -0.39 is 17.4 Å². The van der Waals surface area contributed by atoms with Crippen LogP contribution in [0.1, 0.15) is 143 Å². The van der Waals surface area contributed by atoms with E-state index in [0.717, 1.165) is 87.8 Å². The Bertz CT molecular complexity index is 1690. The number of imidazole rings is 1. The summed E-state index contributed by atoms with van der Waals surface area (Å²) in [4.78, 5) is 50.0. The first-order valence-corrected chi connectivity index (χ1v) is 20.7. The van der Waals surface area contributed by atoms with Gasteiger partial charge in [0.05, 0.1) is 35.2 Å². The lowest BCUT2D eigenvalue weighted by Gasteiger charge is -2.60. The highest BCUT2D eigenvalue weighted by atomic mass is 19.1. The molecule has 2 aromatic rings.